The second-order valence-corrected chi connectivity index (χ2v) is 4.91. The van der Waals surface area contributed by atoms with Gasteiger partial charge in [0.25, 0.3) is 5.91 Å². The number of amides is 1. The van der Waals surface area contributed by atoms with Gasteiger partial charge >= 0.3 is 5.97 Å². The van der Waals surface area contributed by atoms with Crippen molar-refractivity contribution in [1.82, 2.24) is 5.32 Å². The lowest BCUT2D eigenvalue weighted by Gasteiger charge is -2.12. The van der Waals surface area contributed by atoms with Crippen molar-refractivity contribution < 1.29 is 19.4 Å². The van der Waals surface area contributed by atoms with Crippen LogP contribution in [0.5, 0.6) is 5.75 Å². The van der Waals surface area contributed by atoms with Crippen LogP contribution < -0.4 is 10.1 Å². The van der Waals surface area contributed by atoms with E-state index in [2.05, 4.69) is 5.32 Å². The van der Waals surface area contributed by atoms with Gasteiger partial charge in [0, 0.05) is 17.5 Å². The van der Waals surface area contributed by atoms with E-state index in [4.69, 9.17) is 9.84 Å². The van der Waals surface area contributed by atoms with Crippen molar-refractivity contribution in [1.29, 1.82) is 0 Å². The summed E-state index contributed by atoms with van der Waals surface area (Å²) in [7, 11) is 0. The molecule has 5 nitrogen and oxygen atoms in total. The van der Waals surface area contributed by atoms with Crippen molar-refractivity contribution in [2.24, 2.45) is 0 Å². The van der Waals surface area contributed by atoms with E-state index in [-0.39, 0.29) is 10.8 Å². The molecule has 1 aromatic rings. The maximum Gasteiger partial charge on any atom is 0.346 e. The molecule has 1 unspecified atom stereocenters. The number of carboxylic acid groups (broad SMARTS) is 1. The van der Waals surface area contributed by atoms with Gasteiger partial charge in [-0.1, -0.05) is 0 Å². The molecule has 1 amide bonds. The van der Waals surface area contributed by atoms with Crippen LogP contribution in [0.25, 0.3) is 0 Å². The fraction of sp³-hybridized carbons (Fsp3) is 0.455. The third kappa shape index (κ3) is 3.20. The zero-order chi connectivity index (χ0) is 12.4. The number of carboxylic acids is 1. The van der Waals surface area contributed by atoms with E-state index in [0.717, 1.165) is 24.2 Å². The molecule has 2 N–H and O–H groups in total. The smallest absolute Gasteiger partial charge is 0.346 e. The Hall–Kier alpha value is -1.56. The number of thiophene rings is 1. The Bertz CT molecular complexity index is 438. The van der Waals surface area contributed by atoms with Gasteiger partial charge in [-0.25, -0.2) is 4.79 Å². The molecule has 1 aliphatic rings. The number of nitrogens with one attached hydrogen (secondary N) is 1. The molecule has 17 heavy (non-hydrogen) atoms. The van der Waals surface area contributed by atoms with Crippen LogP contribution in [0.3, 0.4) is 0 Å². The minimum Gasteiger partial charge on any atom is -0.480 e. The highest BCUT2D eigenvalue weighted by molar-refractivity contribution is 7.12. The van der Waals surface area contributed by atoms with Crippen molar-refractivity contribution in [2.45, 2.75) is 31.9 Å². The van der Waals surface area contributed by atoms with Crippen LogP contribution in [0.15, 0.2) is 11.4 Å². The van der Waals surface area contributed by atoms with Crippen molar-refractivity contribution in [3.8, 4) is 5.75 Å². The summed E-state index contributed by atoms with van der Waals surface area (Å²) in [6.07, 6.45) is 1.45. The Morgan fingerprint density at radius 1 is 1.59 bits per heavy atom. The second-order valence-electron chi connectivity index (χ2n) is 3.99. The molecule has 0 spiro atoms. The quantitative estimate of drug-likeness (QED) is 0.836. The molecular weight excluding hydrogens is 242 g/mol. The predicted molar refractivity (Wildman–Crippen MR) is 62.5 cm³/mol. The minimum atomic E-state index is -0.986. The van der Waals surface area contributed by atoms with Gasteiger partial charge in [-0.2, -0.15) is 0 Å². The van der Waals surface area contributed by atoms with Crippen LogP contribution in [0.1, 0.15) is 29.4 Å². The molecule has 1 heterocycles. The SMILES string of the molecule is CC(Oc1csc(C(=O)O)c1)C(=O)NC1CC1. The predicted octanol–water partition coefficient (Wildman–Crippen LogP) is 1.49. The summed E-state index contributed by atoms with van der Waals surface area (Å²) < 4.78 is 5.37. The van der Waals surface area contributed by atoms with Gasteiger partial charge in [0.1, 0.15) is 10.6 Å². The van der Waals surface area contributed by atoms with Crippen molar-refractivity contribution in [3.63, 3.8) is 0 Å². The molecule has 1 saturated carbocycles. The molecule has 6 heteroatoms. The van der Waals surface area contributed by atoms with Gasteiger partial charge < -0.3 is 15.2 Å². The van der Waals surface area contributed by atoms with Crippen LogP contribution in [0.2, 0.25) is 0 Å². The van der Waals surface area contributed by atoms with Gasteiger partial charge in [0.05, 0.1) is 0 Å². The lowest BCUT2D eigenvalue weighted by Crippen LogP contribution is -2.37. The number of hydrogen-bond acceptors (Lipinski definition) is 4. The van der Waals surface area contributed by atoms with Crippen LogP contribution in [-0.4, -0.2) is 29.1 Å². The highest BCUT2D eigenvalue weighted by atomic mass is 32.1. The molecule has 2 rings (SSSR count). The maximum atomic E-state index is 11.6. The first kappa shape index (κ1) is 11.9. The number of ether oxygens (including phenoxy) is 1. The van der Waals surface area contributed by atoms with Crippen LogP contribution in [0, 0.1) is 0 Å². The van der Waals surface area contributed by atoms with Gasteiger partial charge in [0.15, 0.2) is 6.10 Å². The van der Waals surface area contributed by atoms with Crippen LogP contribution in [-0.2, 0) is 4.79 Å². The number of rotatable bonds is 5. The Morgan fingerprint density at radius 3 is 2.82 bits per heavy atom. The lowest BCUT2D eigenvalue weighted by molar-refractivity contribution is -0.127. The molecular formula is C11H13NO4S. The summed E-state index contributed by atoms with van der Waals surface area (Å²) in [5.41, 5.74) is 0. The first-order chi connectivity index (χ1) is 8.06. The van der Waals surface area contributed by atoms with E-state index >= 15 is 0 Å². The Morgan fingerprint density at radius 2 is 2.29 bits per heavy atom. The Balaban J connectivity index is 1.89. The average molecular weight is 255 g/mol. The van der Waals surface area contributed by atoms with Crippen molar-refractivity contribution in [2.75, 3.05) is 0 Å². The number of carbonyl (C=O) groups is 2. The largest absolute Gasteiger partial charge is 0.480 e. The van der Waals surface area contributed by atoms with E-state index in [0.29, 0.717) is 11.8 Å². The summed E-state index contributed by atoms with van der Waals surface area (Å²) in [5, 5.41) is 13.2. The summed E-state index contributed by atoms with van der Waals surface area (Å²) >= 11 is 1.08. The maximum absolute atomic E-state index is 11.6. The van der Waals surface area contributed by atoms with Gasteiger partial charge in [-0.05, 0) is 19.8 Å². The Labute approximate surface area is 102 Å². The molecule has 1 fully saturated rings. The third-order valence-corrected chi connectivity index (χ3v) is 3.29. The zero-order valence-corrected chi connectivity index (χ0v) is 10.1. The number of aromatic carboxylic acids is 1. The summed E-state index contributed by atoms with van der Waals surface area (Å²) in [5.74, 6) is -0.721. The Kier molecular flexibility index (Phi) is 3.33. The molecule has 0 saturated heterocycles. The summed E-state index contributed by atoms with van der Waals surface area (Å²) in [6, 6.07) is 1.72. The molecule has 0 bridgehead atoms. The lowest BCUT2D eigenvalue weighted by atomic mass is 10.3. The first-order valence-electron chi connectivity index (χ1n) is 5.35. The average Bonchev–Trinajstić information content (AvgIpc) is 2.94. The van der Waals surface area contributed by atoms with E-state index < -0.39 is 12.1 Å². The molecule has 1 atom stereocenters. The normalized spacial score (nSPS) is 16.3. The molecule has 0 radical (unpaired) electrons. The molecule has 0 aromatic carbocycles. The number of hydrogen-bond donors (Lipinski definition) is 2. The van der Waals surface area contributed by atoms with E-state index in [1.54, 1.807) is 12.3 Å². The molecule has 92 valence electrons. The second kappa shape index (κ2) is 4.75. The summed E-state index contributed by atoms with van der Waals surface area (Å²) in [6.45, 7) is 1.65. The van der Waals surface area contributed by atoms with Gasteiger partial charge in [-0.3, -0.25) is 4.79 Å². The van der Waals surface area contributed by atoms with Crippen LogP contribution in [0.4, 0.5) is 0 Å². The standard InChI is InChI=1S/C11H13NO4S/c1-6(10(13)12-7-2-3-7)16-8-4-9(11(14)15)17-5-8/h4-7H,2-3H2,1H3,(H,12,13)(H,14,15). The third-order valence-electron chi connectivity index (χ3n) is 2.39. The monoisotopic (exact) mass is 255 g/mol. The van der Waals surface area contributed by atoms with E-state index in [9.17, 15) is 9.59 Å². The highest BCUT2D eigenvalue weighted by Crippen LogP contribution is 2.23. The van der Waals surface area contributed by atoms with Gasteiger partial charge in [0.2, 0.25) is 0 Å². The highest BCUT2D eigenvalue weighted by Gasteiger charge is 2.26. The fourth-order valence-electron chi connectivity index (χ4n) is 1.30. The van der Waals surface area contributed by atoms with E-state index in [1.165, 1.54) is 6.07 Å². The summed E-state index contributed by atoms with van der Waals surface area (Å²) in [4.78, 5) is 22.5. The fourth-order valence-corrected chi connectivity index (χ4v) is 1.95. The van der Waals surface area contributed by atoms with Crippen LogP contribution >= 0.6 is 11.3 Å². The number of carbonyl (C=O) groups excluding carboxylic acids is 1. The van der Waals surface area contributed by atoms with E-state index in [1.807, 2.05) is 0 Å². The topological polar surface area (TPSA) is 75.6 Å². The molecule has 0 aliphatic heterocycles. The van der Waals surface area contributed by atoms with Crippen molar-refractivity contribution >= 4 is 23.2 Å². The molecule has 1 aromatic heterocycles. The first-order valence-corrected chi connectivity index (χ1v) is 6.23. The molecule has 1 aliphatic carbocycles. The van der Waals surface area contributed by atoms with Crippen molar-refractivity contribution in [3.05, 3.63) is 16.3 Å². The zero-order valence-electron chi connectivity index (χ0n) is 9.30. The van der Waals surface area contributed by atoms with Gasteiger partial charge in [-0.15, -0.1) is 11.3 Å². The minimum absolute atomic E-state index is 0.157.